The molecule has 1 rings (SSSR count). The van der Waals surface area contributed by atoms with Crippen LogP contribution in [-0.4, -0.2) is 18.5 Å². The van der Waals surface area contributed by atoms with Crippen LogP contribution in [0.25, 0.3) is 0 Å². The highest BCUT2D eigenvalue weighted by molar-refractivity contribution is 8.02. The van der Waals surface area contributed by atoms with Crippen LogP contribution < -0.4 is 0 Å². The van der Waals surface area contributed by atoms with Crippen LogP contribution in [0.1, 0.15) is 27.7 Å². The van der Waals surface area contributed by atoms with Crippen LogP contribution in [0.5, 0.6) is 0 Å². The van der Waals surface area contributed by atoms with Crippen LogP contribution in [0.3, 0.4) is 0 Å². The Bertz CT molecular complexity index is 309. The normalized spacial score (nSPS) is 31.2. The van der Waals surface area contributed by atoms with Crippen molar-refractivity contribution in [2.45, 2.75) is 33.3 Å². The third kappa shape index (κ3) is 1.94. The molecule has 0 N–H and O–H groups in total. The molecule has 5 heteroatoms. The largest absolute Gasteiger partial charge is 0.358 e. The van der Waals surface area contributed by atoms with E-state index in [1.807, 2.05) is 34.0 Å². The van der Waals surface area contributed by atoms with Gasteiger partial charge in [0.05, 0.1) is 11.9 Å². The third-order valence-corrected chi connectivity index (χ3v) is 5.84. The van der Waals surface area contributed by atoms with E-state index in [-0.39, 0.29) is 0 Å². The van der Waals surface area contributed by atoms with E-state index >= 15 is 0 Å². The van der Waals surface area contributed by atoms with Gasteiger partial charge in [-0.2, -0.15) is 0 Å². The van der Waals surface area contributed by atoms with Gasteiger partial charge < -0.3 is 4.52 Å². The van der Waals surface area contributed by atoms with E-state index in [0.29, 0.717) is 6.61 Å². The summed E-state index contributed by atoms with van der Waals surface area (Å²) in [7, 11) is -3.00. The molecule has 1 aliphatic rings. The fourth-order valence-electron chi connectivity index (χ4n) is 1.66. The molecule has 0 aromatic rings. The van der Waals surface area contributed by atoms with Gasteiger partial charge in [0.25, 0.3) is 0 Å². The molecule has 14 heavy (non-hydrogen) atoms. The third-order valence-electron chi connectivity index (χ3n) is 2.14. The van der Waals surface area contributed by atoms with Crippen LogP contribution in [-0.2, 0) is 13.6 Å². The van der Waals surface area contributed by atoms with Gasteiger partial charge in [-0.1, -0.05) is 0 Å². The summed E-state index contributed by atoms with van der Waals surface area (Å²) < 4.78 is 23.0. The molecular weight excluding hydrogens is 219 g/mol. The Labute approximate surface area is 89.8 Å². The highest BCUT2D eigenvalue weighted by Crippen LogP contribution is 2.67. The van der Waals surface area contributed by atoms with Crippen molar-refractivity contribution in [3.63, 3.8) is 0 Å². The van der Waals surface area contributed by atoms with Crippen LogP contribution in [0.4, 0.5) is 0 Å². The van der Waals surface area contributed by atoms with Crippen molar-refractivity contribution in [3.05, 3.63) is 10.2 Å². The van der Waals surface area contributed by atoms with Gasteiger partial charge in [-0.15, -0.1) is 11.8 Å². The second-order valence-corrected chi connectivity index (χ2v) is 6.56. The Morgan fingerprint density at radius 1 is 1.57 bits per heavy atom. The van der Waals surface area contributed by atoms with Crippen molar-refractivity contribution in [2.75, 3.05) is 12.9 Å². The van der Waals surface area contributed by atoms with Gasteiger partial charge in [-0.25, -0.2) is 0 Å². The van der Waals surface area contributed by atoms with Gasteiger partial charge in [0.2, 0.25) is 0 Å². The molecule has 0 saturated carbocycles. The van der Waals surface area contributed by atoms with E-state index in [0.717, 1.165) is 10.2 Å². The SMILES string of the molecule is CCOP1(=O)OC(C)(C)C(SC)=C1C. The molecule has 0 bridgehead atoms. The molecule has 0 aromatic carbocycles. The highest BCUT2D eigenvalue weighted by Gasteiger charge is 2.46. The molecule has 1 aliphatic heterocycles. The Morgan fingerprint density at radius 3 is 2.50 bits per heavy atom. The minimum absolute atomic E-state index is 0.409. The van der Waals surface area contributed by atoms with E-state index in [1.54, 1.807) is 11.8 Å². The predicted octanol–water partition coefficient (Wildman–Crippen LogP) is 3.62. The highest BCUT2D eigenvalue weighted by atomic mass is 32.2. The second-order valence-electron chi connectivity index (χ2n) is 3.64. The zero-order valence-electron chi connectivity index (χ0n) is 9.29. The van der Waals surface area contributed by atoms with Gasteiger partial charge in [0.15, 0.2) is 0 Å². The van der Waals surface area contributed by atoms with Crippen molar-refractivity contribution in [3.8, 4) is 0 Å². The summed E-state index contributed by atoms with van der Waals surface area (Å²) in [6.07, 6.45) is 1.96. The first kappa shape index (κ1) is 12.3. The maximum Gasteiger partial charge on any atom is 0.358 e. The molecule has 1 atom stereocenters. The van der Waals surface area contributed by atoms with E-state index in [9.17, 15) is 4.57 Å². The first-order chi connectivity index (χ1) is 6.37. The summed E-state index contributed by atoms with van der Waals surface area (Å²) in [5.41, 5.74) is -0.478. The van der Waals surface area contributed by atoms with Crippen molar-refractivity contribution in [1.82, 2.24) is 0 Å². The summed E-state index contributed by atoms with van der Waals surface area (Å²) in [5.74, 6) is 0. The molecular formula is C9H17O3PS. The molecule has 82 valence electrons. The molecule has 3 nitrogen and oxygen atoms in total. The standard InChI is InChI=1S/C9H17O3PS/c1-6-11-13(10)7(2)8(14-5)9(3,4)12-13/h6H2,1-5H3. The monoisotopic (exact) mass is 236 g/mol. The van der Waals surface area contributed by atoms with Crippen LogP contribution in [0.15, 0.2) is 10.2 Å². The lowest BCUT2D eigenvalue weighted by Crippen LogP contribution is -2.19. The number of thioether (sulfide) groups is 1. The molecule has 0 saturated heterocycles. The predicted molar refractivity (Wildman–Crippen MR) is 60.6 cm³/mol. The Balaban J connectivity index is 3.10. The molecule has 1 unspecified atom stereocenters. The van der Waals surface area contributed by atoms with Gasteiger partial charge in [-0.05, 0) is 34.0 Å². The summed E-state index contributed by atoms with van der Waals surface area (Å²) in [6.45, 7) is 7.89. The zero-order valence-corrected chi connectivity index (χ0v) is 11.0. The van der Waals surface area contributed by atoms with E-state index in [2.05, 4.69) is 0 Å². The molecule has 0 radical (unpaired) electrons. The topological polar surface area (TPSA) is 35.5 Å². The van der Waals surface area contributed by atoms with Crippen molar-refractivity contribution < 1.29 is 13.6 Å². The molecule has 0 aromatic heterocycles. The van der Waals surface area contributed by atoms with Gasteiger partial charge in [-0.3, -0.25) is 9.09 Å². The molecule has 0 aliphatic carbocycles. The minimum atomic E-state index is -3.00. The van der Waals surface area contributed by atoms with E-state index < -0.39 is 13.2 Å². The van der Waals surface area contributed by atoms with Crippen LogP contribution in [0, 0.1) is 0 Å². The molecule has 0 amide bonds. The lowest BCUT2D eigenvalue weighted by Gasteiger charge is -2.21. The van der Waals surface area contributed by atoms with E-state index in [1.165, 1.54) is 0 Å². The summed E-state index contributed by atoms with van der Waals surface area (Å²) in [4.78, 5) is 1.02. The minimum Gasteiger partial charge on any atom is -0.306 e. The first-order valence-corrected chi connectivity index (χ1v) is 7.35. The summed E-state index contributed by atoms with van der Waals surface area (Å²) in [6, 6.07) is 0. The first-order valence-electron chi connectivity index (χ1n) is 4.58. The van der Waals surface area contributed by atoms with Gasteiger partial charge in [0.1, 0.15) is 5.60 Å². The zero-order chi connectivity index (χ0) is 11.0. The smallest absolute Gasteiger partial charge is 0.306 e. The average Bonchev–Trinajstić information content (AvgIpc) is 2.19. The Hall–Kier alpha value is 0.240. The Morgan fingerprint density at radius 2 is 2.14 bits per heavy atom. The van der Waals surface area contributed by atoms with Gasteiger partial charge in [0, 0.05) is 4.91 Å². The van der Waals surface area contributed by atoms with Crippen molar-refractivity contribution in [2.24, 2.45) is 0 Å². The maximum absolute atomic E-state index is 12.2. The lowest BCUT2D eigenvalue weighted by atomic mass is 10.1. The van der Waals surface area contributed by atoms with Gasteiger partial charge >= 0.3 is 7.60 Å². The number of hydrogen-bond acceptors (Lipinski definition) is 4. The quantitative estimate of drug-likeness (QED) is 0.701. The fourth-order valence-corrected chi connectivity index (χ4v) is 5.09. The summed E-state index contributed by atoms with van der Waals surface area (Å²) >= 11 is 1.58. The fraction of sp³-hybridized carbons (Fsp3) is 0.778. The van der Waals surface area contributed by atoms with Crippen LogP contribution >= 0.6 is 19.4 Å². The molecule has 0 fully saturated rings. The molecule has 0 spiro atoms. The molecule has 1 heterocycles. The summed E-state index contributed by atoms with van der Waals surface area (Å²) in [5, 5.41) is 0.761. The Kier molecular flexibility index (Phi) is 3.53. The van der Waals surface area contributed by atoms with Crippen molar-refractivity contribution >= 4 is 19.4 Å². The van der Waals surface area contributed by atoms with Crippen LogP contribution in [0.2, 0.25) is 0 Å². The average molecular weight is 236 g/mol. The maximum atomic E-state index is 12.2. The lowest BCUT2D eigenvalue weighted by molar-refractivity contribution is 0.134. The van der Waals surface area contributed by atoms with Crippen molar-refractivity contribution in [1.29, 1.82) is 0 Å². The van der Waals surface area contributed by atoms with E-state index in [4.69, 9.17) is 9.05 Å². The second kappa shape index (κ2) is 4.01. The number of allylic oxidation sites excluding steroid dienone is 1. The number of rotatable bonds is 3. The number of hydrogen-bond donors (Lipinski definition) is 0.